The highest BCUT2D eigenvalue weighted by atomic mass is 16.5. The normalized spacial score (nSPS) is 23.0. The van der Waals surface area contributed by atoms with Crippen molar-refractivity contribution in [3.05, 3.63) is 42.2 Å². The first-order chi connectivity index (χ1) is 11.9. The van der Waals surface area contributed by atoms with Crippen molar-refractivity contribution < 1.29 is 20.1 Å². The summed E-state index contributed by atoms with van der Waals surface area (Å²) in [5.41, 5.74) is 2.87. The van der Waals surface area contributed by atoms with Crippen LogP contribution in [0.3, 0.4) is 0 Å². The molecule has 3 N–H and O–H groups in total. The van der Waals surface area contributed by atoms with Gasteiger partial charge in [-0.1, -0.05) is 57.4 Å². The van der Waals surface area contributed by atoms with E-state index in [0.29, 0.717) is 17.8 Å². The average molecular weight is 348 g/mol. The molecule has 0 amide bonds. The third-order valence-electron chi connectivity index (χ3n) is 4.74. The fourth-order valence-corrected chi connectivity index (χ4v) is 3.04. The molecule has 0 aliphatic heterocycles. The first kappa shape index (κ1) is 21.4. The van der Waals surface area contributed by atoms with Crippen molar-refractivity contribution in [3.63, 3.8) is 0 Å². The number of hydrogen-bond donors (Lipinski definition) is 3. The summed E-state index contributed by atoms with van der Waals surface area (Å²) in [5, 5.41) is 27.0. The van der Waals surface area contributed by atoms with Crippen LogP contribution in [-0.2, 0) is 4.79 Å². The van der Waals surface area contributed by atoms with Crippen LogP contribution in [0.25, 0.3) is 0 Å². The monoisotopic (exact) mass is 348 g/mol. The van der Waals surface area contributed by atoms with Crippen LogP contribution in [0, 0.1) is 17.8 Å². The van der Waals surface area contributed by atoms with Gasteiger partial charge in [0.15, 0.2) is 0 Å². The minimum absolute atomic E-state index is 0.377. The molecule has 0 radical (unpaired) electrons. The van der Waals surface area contributed by atoms with Crippen LogP contribution in [0.15, 0.2) is 42.2 Å². The third kappa shape index (κ3) is 7.87. The number of rotatable bonds is 11. The van der Waals surface area contributed by atoms with Gasteiger partial charge in [0.05, 0.1) is 0 Å². The Balaban J connectivity index is 2.45. The summed E-state index contributed by atoms with van der Waals surface area (Å²) < 4.78 is 0. The number of aliphatic carboxylic acids is 1. The van der Waals surface area contributed by atoms with Crippen molar-refractivity contribution in [2.75, 3.05) is 0 Å². The minimum atomic E-state index is -2.72. The second kappa shape index (κ2) is 11.1. The van der Waals surface area contributed by atoms with Gasteiger partial charge in [0.2, 0.25) is 0 Å². The second-order valence-corrected chi connectivity index (χ2v) is 6.90. The summed E-state index contributed by atoms with van der Waals surface area (Å²) in [6.07, 6.45) is 19.0. The Labute approximate surface area is 151 Å². The molecule has 4 heteroatoms. The van der Waals surface area contributed by atoms with Gasteiger partial charge in [-0.05, 0) is 49.2 Å². The minimum Gasteiger partial charge on any atom is -0.477 e. The molecule has 0 saturated heterocycles. The maximum Gasteiger partial charge on any atom is 0.364 e. The molecule has 1 aliphatic rings. The Bertz CT molecular complexity index is 524. The summed E-state index contributed by atoms with van der Waals surface area (Å²) in [5.74, 6) is -2.98. The molecule has 1 aliphatic carbocycles. The van der Waals surface area contributed by atoms with Crippen molar-refractivity contribution in [3.8, 4) is 0 Å². The predicted octanol–water partition coefficient (Wildman–Crippen LogP) is 4.21. The van der Waals surface area contributed by atoms with Gasteiger partial charge in [-0.2, -0.15) is 0 Å². The van der Waals surface area contributed by atoms with Crippen LogP contribution in [-0.4, -0.2) is 27.1 Å². The van der Waals surface area contributed by atoms with E-state index < -0.39 is 11.8 Å². The smallest absolute Gasteiger partial charge is 0.364 e. The molecule has 0 unspecified atom stereocenters. The highest BCUT2D eigenvalue weighted by Crippen LogP contribution is 2.34. The van der Waals surface area contributed by atoms with Gasteiger partial charge in [0.1, 0.15) is 0 Å². The average Bonchev–Trinajstić information content (AvgIpc) is 2.90. The fraction of sp³-hybridized carbons (Fsp3) is 0.619. The molecular formula is C21H32O4. The van der Waals surface area contributed by atoms with E-state index in [1.165, 1.54) is 31.8 Å². The molecule has 0 aromatic heterocycles. The maximum absolute atomic E-state index is 10.6. The lowest BCUT2D eigenvalue weighted by atomic mass is 9.86. The number of carboxylic acid groups (broad SMARTS) is 1. The molecule has 0 aromatic rings. The van der Waals surface area contributed by atoms with Gasteiger partial charge in [-0.15, -0.1) is 5.73 Å². The third-order valence-corrected chi connectivity index (χ3v) is 4.74. The van der Waals surface area contributed by atoms with Crippen molar-refractivity contribution in [2.45, 2.75) is 64.6 Å². The lowest BCUT2D eigenvalue weighted by Gasteiger charge is -2.18. The number of allylic oxidation sites excluding steroid dienone is 4. The largest absolute Gasteiger partial charge is 0.477 e. The molecule has 0 spiro atoms. The molecule has 0 aromatic carbocycles. The van der Waals surface area contributed by atoms with E-state index >= 15 is 0 Å². The van der Waals surface area contributed by atoms with Gasteiger partial charge in [-0.3, -0.25) is 0 Å². The van der Waals surface area contributed by atoms with Crippen LogP contribution in [0.1, 0.15) is 58.8 Å². The summed E-state index contributed by atoms with van der Waals surface area (Å²) in [6, 6.07) is 0. The molecule has 4 nitrogen and oxygen atoms in total. The highest BCUT2D eigenvalue weighted by molar-refractivity contribution is 5.75. The predicted molar refractivity (Wildman–Crippen MR) is 99.9 cm³/mol. The Morgan fingerprint density at radius 3 is 2.64 bits per heavy atom. The number of hydrogen-bond acceptors (Lipinski definition) is 3. The first-order valence-corrected chi connectivity index (χ1v) is 9.31. The van der Waals surface area contributed by atoms with Crippen LogP contribution in [0.2, 0.25) is 0 Å². The zero-order chi connectivity index (χ0) is 18.7. The molecule has 0 saturated carbocycles. The summed E-state index contributed by atoms with van der Waals surface area (Å²) in [6.45, 7) is 4.42. The van der Waals surface area contributed by atoms with Crippen molar-refractivity contribution in [1.29, 1.82) is 0 Å². The molecule has 0 bridgehead atoms. The summed E-state index contributed by atoms with van der Waals surface area (Å²) >= 11 is 0. The fourth-order valence-electron chi connectivity index (χ4n) is 3.04. The van der Waals surface area contributed by atoms with Crippen LogP contribution in [0.5, 0.6) is 0 Å². The van der Waals surface area contributed by atoms with Crippen LogP contribution in [0.4, 0.5) is 0 Å². The topological polar surface area (TPSA) is 77.8 Å². The van der Waals surface area contributed by atoms with E-state index in [2.05, 4.69) is 43.9 Å². The number of carbonyl (C=O) groups is 1. The summed E-state index contributed by atoms with van der Waals surface area (Å²) in [4.78, 5) is 10.6. The quantitative estimate of drug-likeness (QED) is 0.226. The Hall–Kier alpha value is -1.61. The maximum atomic E-state index is 10.6. The second-order valence-electron chi connectivity index (χ2n) is 6.90. The van der Waals surface area contributed by atoms with Gasteiger partial charge < -0.3 is 15.3 Å². The van der Waals surface area contributed by atoms with Crippen LogP contribution < -0.4 is 0 Å². The lowest BCUT2D eigenvalue weighted by Crippen LogP contribution is -2.37. The van der Waals surface area contributed by atoms with E-state index in [1.54, 1.807) is 0 Å². The van der Waals surface area contributed by atoms with Gasteiger partial charge in [-0.25, -0.2) is 4.79 Å². The van der Waals surface area contributed by atoms with E-state index in [1.807, 2.05) is 6.08 Å². The Morgan fingerprint density at radius 2 is 1.96 bits per heavy atom. The summed E-state index contributed by atoms with van der Waals surface area (Å²) in [7, 11) is 0. The SMILES string of the molecule is CCCCCCC=C[C@H]1C=C[C@H](C)[C@H]1CC=C=CCC(O)(O)C(=O)O. The number of aliphatic hydroxyl groups is 2. The van der Waals surface area contributed by atoms with Crippen molar-refractivity contribution >= 4 is 5.97 Å². The Morgan fingerprint density at radius 1 is 1.20 bits per heavy atom. The molecule has 140 valence electrons. The molecule has 3 atom stereocenters. The molecule has 0 fully saturated rings. The van der Waals surface area contributed by atoms with Gasteiger partial charge >= 0.3 is 5.97 Å². The van der Waals surface area contributed by atoms with E-state index in [9.17, 15) is 15.0 Å². The highest BCUT2D eigenvalue weighted by Gasteiger charge is 2.31. The molecular weight excluding hydrogens is 316 g/mol. The van der Waals surface area contributed by atoms with Crippen molar-refractivity contribution in [2.24, 2.45) is 17.8 Å². The van der Waals surface area contributed by atoms with E-state index in [0.717, 1.165) is 12.8 Å². The lowest BCUT2D eigenvalue weighted by molar-refractivity contribution is -0.201. The molecule has 0 heterocycles. The van der Waals surface area contributed by atoms with Gasteiger partial charge in [0, 0.05) is 6.42 Å². The zero-order valence-electron chi connectivity index (χ0n) is 15.4. The zero-order valence-corrected chi connectivity index (χ0v) is 15.4. The van der Waals surface area contributed by atoms with Crippen LogP contribution >= 0.6 is 0 Å². The van der Waals surface area contributed by atoms with Crippen molar-refractivity contribution in [1.82, 2.24) is 0 Å². The first-order valence-electron chi connectivity index (χ1n) is 9.31. The van der Waals surface area contributed by atoms with Gasteiger partial charge in [0.25, 0.3) is 5.79 Å². The standard InChI is InChI=1S/C21H32O4/c1-3-4-5-6-7-9-12-18-15-14-17(2)19(18)13-10-8-11-16-21(24,25)20(22)23/h9-12,14-15,17-19,24-25H,3-7,13,16H2,1-2H3,(H,22,23)/t8?,17-,18-,19+/m0/s1. The number of unbranched alkanes of at least 4 members (excludes halogenated alkanes) is 4. The van der Waals surface area contributed by atoms with E-state index in [4.69, 9.17) is 5.11 Å². The molecule has 1 rings (SSSR count). The molecule has 25 heavy (non-hydrogen) atoms. The number of carboxylic acids is 1. The van der Waals surface area contributed by atoms with E-state index in [-0.39, 0.29) is 6.42 Å². The Kier molecular flexibility index (Phi) is 9.51.